The number of thiophene rings is 1. The van der Waals surface area contributed by atoms with E-state index in [9.17, 15) is 0 Å². The van der Waals surface area contributed by atoms with E-state index in [-0.39, 0.29) is 0 Å². The van der Waals surface area contributed by atoms with Gasteiger partial charge in [0.25, 0.3) is 0 Å². The summed E-state index contributed by atoms with van der Waals surface area (Å²) in [6.45, 7) is 5.37. The molecule has 0 saturated carbocycles. The lowest BCUT2D eigenvalue weighted by atomic mass is 10.6. The molecule has 1 aromatic rings. The molecule has 3 heteroatoms. The third-order valence-electron chi connectivity index (χ3n) is 1.15. The topological polar surface area (TPSA) is 18.5 Å². The highest BCUT2D eigenvalue weighted by molar-refractivity contribution is 7.12. The molecular formula is C8H12O2S. The van der Waals surface area contributed by atoms with E-state index in [1.54, 1.807) is 11.3 Å². The molecule has 11 heavy (non-hydrogen) atoms. The van der Waals surface area contributed by atoms with Crippen molar-refractivity contribution < 1.29 is 9.47 Å². The maximum Gasteiger partial charge on any atom is 0.177 e. The standard InChI is InChI=1S/C8H12O2S/c1-3-9-7-5-8(10-4-2)11-6-7/h5-6H,3-4H2,1-2H3. The van der Waals surface area contributed by atoms with Gasteiger partial charge >= 0.3 is 0 Å². The molecule has 0 radical (unpaired) electrons. The summed E-state index contributed by atoms with van der Waals surface area (Å²) in [4.78, 5) is 0. The second kappa shape index (κ2) is 4.23. The average Bonchev–Trinajstić information content (AvgIpc) is 2.38. The van der Waals surface area contributed by atoms with Gasteiger partial charge in [0.15, 0.2) is 5.06 Å². The smallest absolute Gasteiger partial charge is 0.177 e. The van der Waals surface area contributed by atoms with Crippen molar-refractivity contribution in [3.8, 4) is 10.8 Å². The van der Waals surface area contributed by atoms with E-state index in [0.29, 0.717) is 13.2 Å². The highest BCUT2D eigenvalue weighted by Gasteiger charge is 1.98. The minimum Gasteiger partial charge on any atom is -0.493 e. The van der Waals surface area contributed by atoms with Crippen LogP contribution in [0.2, 0.25) is 0 Å². The van der Waals surface area contributed by atoms with Crippen molar-refractivity contribution in [3.63, 3.8) is 0 Å². The Morgan fingerprint density at radius 1 is 1.27 bits per heavy atom. The van der Waals surface area contributed by atoms with Crippen LogP contribution in [0.15, 0.2) is 11.4 Å². The van der Waals surface area contributed by atoms with Crippen molar-refractivity contribution in [2.75, 3.05) is 13.2 Å². The van der Waals surface area contributed by atoms with Crippen LogP contribution in [0.3, 0.4) is 0 Å². The Hall–Kier alpha value is -0.700. The zero-order chi connectivity index (χ0) is 8.10. The minimum absolute atomic E-state index is 0.711. The van der Waals surface area contributed by atoms with E-state index in [1.807, 2.05) is 25.3 Å². The van der Waals surface area contributed by atoms with Crippen LogP contribution in [0.25, 0.3) is 0 Å². The summed E-state index contributed by atoms with van der Waals surface area (Å²) in [6.07, 6.45) is 0. The van der Waals surface area contributed by atoms with E-state index in [0.717, 1.165) is 10.8 Å². The lowest BCUT2D eigenvalue weighted by molar-refractivity contribution is 0.332. The van der Waals surface area contributed by atoms with Gasteiger partial charge in [-0.15, -0.1) is 11.3 Å². The van der Waals surface area contributed by atoms with Crippen LogP contribution < -0.4 is 9.47 Å². The van der Waals surface area contributed by atoms with Gasteiger partial charge in [-0.1, -0.05) is 0 Å². The SMILES string of the molecule is CCOc1csc(OCC)c1. The predicted octanol–water partition coefficient (Wildman–Crippen LogP) is 2.55. The highest BCUT2D eigenvalue weighted by atomic mass is 32.1. The fraction of sp³-hybridized carbons (Fsp3) is 0.500. The maximum absolute atomic E-state index is 5.27. The third kappa shape index (κ3) is 2.42. The van der Waals surface area contributed by atoms with Crippen LogP contribution in [0.5, 0.6) is 10.8 Å². The summed E-state index contributed by atoms with van der Waals surface area (Å²) in [5, 5.41) is 2.88. The van der Waals surface area contributed by atoms with Crippen LogP contribution in [-0.2, 0) is 0 Å². The summed E-state index contributed by atoms with van der Waals surface area (Å²) >= 11 is 1.57. The molecule has 2 nitrogen and oxygen atoms in total. The van der Waals surface area contributed by atoms with Gasteiger partial charge in [0.2, 0.25) is 0 Å². The maximum atomic E-state index is 5.27. The molecule has 0 unspecified atom stereocenters. The molecule has 1 heterocycles. The van der Waals surface area contributed by atoms with Crippen molar-refractivity contribution >= 4 is 11.3 Å². The van der Waals surface area contributed by atoms with Gasteiger partial charge in [-0.2, -0.15) is 0 Å². The van der Waals surface area contributed by atoms with Gasteiger partial charge in [0.05, 0.1) is 13.2 Å². The molecule has 0 atom stereocenters. The Morgan fingerprint density at radius 2 is 2.00 bits per heavy atom. The number of rotatable bonds is 4. The van der Waals surface area contributed by atoms with Crippen LogP contribution in [-0.4, -0.2) is 13.2 Å². The first kappa shape index (κ1) is 8.40. The molecule has 1 aromatic heterocycles. The molecule has 0 aliphatic heterocycles. The van der Waals surface area contributed by atoms with Crippen LogP contribution in [0.1, 0.15) is 13.8 Å². The summed E-state index contributed by atoms with van der Waals surface area (Å²) < 4.78 is 10.5. The van der Waals surface area contributed by atoms with E-state index < -0.39 is 0 Å². The zero-order valence-electron chi connectivity index (χ0n) is 6.79. The van der Waals surface area contributed by atoms with Crippen LogP contribution in [0, 0.1) is 0 Å². The summed E-state index contributed by atoms with van der Waals surface area (Å²) in [6, 6.07) is 1.91. The molecule has 0 saturated heterocycles. The number of hydrogen-bond acceptors (Lipinski definition) is 3. The molecule has 0 N–H and O–H groups in total. The molecule has 0 aliphatic rings. The molecule has 0 amide bonds. The van der Waals surface area contributed by atoms with Crippen molar-refractivity contribution in [1.29, 1.82) is 0 Å². The molecular weight excluding hydrogens is 160 g/mol. The third-order valence-corrected chi connectivity index (χ3v) is 1.97. The molecule has 0 fully saturated rings. The fourth-order valence-electron chi connectivity index (χ4n) is 0.761. The van der Waals surface area contributed by atoms with Gasteiger partial charge < -0.3 is 9.47 Å². The first-order chi connectivity index (χ1) is 5.36. The summed E-state index contributed by atoms with van der Waals surface area (Å²) in [5.74, 6) is 0.904. The van der Waals surface area contributed by atoms with Crippen molar-refractivity contribution in [2.24, 2.45) is 0 Å². The Bertz CT molecular complexity index is 187. The lowest BCUT2D eigenvalue weighted by Gasteiger charge is -1.96. The molecule has 0 aromatic carbocycles. The van der Waals surface area contributed by atoms with E-state index in [1.165, 1.54) is 0 Å². The first-order valence-corrected chi connectivity index (χ1v) is 4.59. The molecule has 62 valence electrons. The normalized spacial score (nSPS) is 9.64. The van der Waals surface area contributed by atoms with Crippen molar-refractivity contribution in [2.45, 2.75) is 13.8 Å². The van der Waals surface area contributed by atoms with Crippen LogP contribution >= 0.6 is 11.3 Å². The second-order valence-corrected chi connectivity index (χ2v) is 2.84. The minimum atomic E-state index is 0.711. The fourth-order valence-corrected chi connectivity index (χ4v) is 1.50. The molecule has 0 bridgehead atoms. The van der Waals surface area contributed by atoms with Gasteiger partial charge in [-0.25, -0.2) is 0 Å². The molecule has 0 spiro atoms. The largest absolute Gasteiger partial charge is 0.493 e. The Labute approximate surface area is 70.8 Å². The zero-order valence-corrected chi connectivity index (χ0v) is 7.61. The Kier molecular flexibility index (Phi) is 3.23. The van der Waals surface area contributed by atoms with Crippen LogP contribution in [0.4, 0.5) is 0 Å². The Balaban J connectivity index is 2.51. The monoisotopic (exact) mass is 172 g/mol. The van der Waals surface area contributed by atoms with Crippen molar-refractivity contribution in [3.05, 3.63) is 11.4 Å². The van der Waals surface area contributed by atoms with Gasteiger partial charge in [0.1, 0.15) is 5.75 Å². The van der Waals surface area contributed by atoms with E-state index in [4.69, 9.17) is 9.47 Å². The number of hydrogen-bond donors (Lipinski definition) is 0. The average molecular weight is 172 g/mol. The quantitative estimate of drug-likeness (QED) is 0.695. The van der Waals surface area contributed by atoms with Gasteiger partial charge in [0, 0.05) is 11.4 Å². The lowest BCUT2D eigenvalue weighted by Crippen LogP contribution is -1.89. The first-order valence-electron chi connectivity index (χ1n) is 3.71. The van der Waals surface area contributed by atoms with Crippen molar-refractivity contribution in [1.82, 2.24) is 0 Å². The molecule has 1 rings (SSSR count). The number of ether oxygens (including phenoxy) is 2. The Morgan fingerprint density at radius 3 is 2.64 bits per heavy atom. The van der Waals surface area contributed by atoms with Gasteiger partial charge in [-0.3, -0.25) is 0 Å². The van der Waals surface area contributed by atoms with E-state index in [2.05, 4.69) is 0 Å². The predicted molar refractivity (Wildman–Crippen MR) is 46.7 cm³/mol. The second-order valence-electron chi connectivity index (χ2n) is 1.97. The molecule has 0 aliphatic carbocycles. The highest BCUT2D eigenvalue weighted by Crippen LogP contribution is 2.28. The summed E-state index contributed by atoms with van der Waals surface area (Å²) in [7, 11) is 0. The van der Waals surface area contributed by atoms with E-state index >= 15 is 0 Å². The van der Waals surface area contributed by atoms with Gasteiger partial charge in [-0.05, 0) is 13.8 Å². The summed E-state index contributed by atoms with van der Waals surface area (Å²) in [5.41, 5.74) is 0.